The van der Waals surface area contributed by atoms with Crippen LogP contribution in [0, 0.1) is 5.82 Å². The molecule has 0 aromatic heterocycles. The molecular weight excluding hydrogens is 322 g/mol. The van der Waals surface area contributed by atoms with Crippen LogP contribution in [0.25, 0.3) is 0 Å². The molecule has 0 aliphatic heterocycles. The average Bonchev–Trinajstić information content (AvgIpc) is 2.31. The molecule has 0 amide bonds. The maximum Gasteiger partial charge on any atom is 0.145 e. The maximum atomic E-state index is 13.3. The molecular formula is C12H9BrClFN2O. The van der Waals surface area contributed by atoms with E-state index in [0.29, 0.717) is 27.3 Å². The highest BCUT2D eigenvalue weighted by Crippen LogP contribution is 2.34. The van der Waals surface area contributed by atoms with Gasteiger partial charge in [0.1, 0.15) is 17.3 Å². The lowest BCUT2D eigenvalue weighted by Crippen LogP contribution is -1.95. The van der Waals surface area contributed by atoms with E-state index in [-0.39, 0.29) is 5.02 Å². The highest BCUT2D eigenvalue weighted by Gasteiger charge is 2.09. The number of ether oxygens (including phenoxy) is 1. The molecule has 2 aromatic rings. The Hall–Kier alpha value is -1.46. The van der Waals surface area contributed by atoms with Crippen LogP contribution in [-0.2, 0) is 0 Å². The number of benzene rings is 2. The van der Waals surface area contributed by atoms with Gasteiger partial charge in [0.05, 0.1) is 20.9 Å². The number of rotatable bonds is 2. The molecule has 94 valence electrons. The normalized spacial score (nSPS) is 10.4. The van der Waals surface area contributed by atoms with Crippen molar-refractivity contribution >= 4 is 38.9 Å². The zero-order chi connectivity index (χ0) is 13.3. The molecule has 6 heteroatoms. The molecule has 0 saturated carbocycles. The van der Waals surface area contributed by atoms with E-state index in [1.807, 2.05) is 0 Å². The first-order chi connectivity index (χ1) is 8.47. The van der Waals surface area contributed by atoms with Gasteiger partial charge in [-0.2, -0.15) is 0 Å². The summed E-state index contributed by atoms with van der Waals surface area (Å²) in [5.74, 6) is 0.212. The minimum absolute atomic E-state index is 0.0195. The quantitative estimate of drug-likeness (QED) is 0.640. The second kappa shape index (κ2) is 5.04. The average molecular weight is 332 g/mol. The Morgan fingerprint density at radius 1 is 1.11 bits per heavy atom. The fourth-order valence-corrected chi connectivity index (χ4v) is 2.05. The summed E-state index contributed by atoms with van der Waals surface area (Å²) in [6, 6.07) is 7.44. The molecule has 2 aromatic carbocycles. The van der Waals surface area contributed by atoms with Gasteiger partial charge in [0.15, 0.2) is 0 Å². The standard InChI is InChI=1S/C12H9BrClFN2O/c13-7-4-8(14)9(15)5-12(7)18-6-1-2-10(16)11(17)3-6/h1-5H,16-17H2. The lowest BCUT2D eigenvalue weighted by atomic mass is 10.2. The van der Waals surface area contributed by atoms with Crippen molar-refractivity contribution in [2.75, 3.05) is 11.5 Å². The molecule has 18 heavy (non-hydrogen) atoms. The van der Waals surface area contributed by atoms with Crippen molar-refractivity contribution in [3.8, 4) is 11.5 Å². The van der Waals surface area contributed by atoms with E-state index < -0.39 is 5.82 Å². The molecule has 0 saturated heterocycles. The lowest BCUT2D eigenvalue weighted by Gasteiger charge is -2.10. The monoisotopic (exact) mass is 330 g/mol. The molecule has 0 radical (unpaired) electrons. The van der Waals surface area contributed by atoms with Gasteiger partial charge in [-0.25, -0.2) is 4.39 Å². The van der Waals surface area contributed by atoms with Gasteiger partial charge in [-0.05, 0) is 34.1 Å². The van der Waals surface area contributed by atoms with Gasteiger partial charge in [-0.15, -0.1) is 0 Å². The predicted octanol–water partition coefficient (Wildman–Crippen LogP) is 4.20. The van der Waals surface area contributed by atoms with Crippen LogP contribution in [0.3, 0.4) is 0 Å². The van der Waals surface area contributed by atoms with Gasteiger partial charge < -0.3 is 16.2 Å². The van der Waals surface area contributed by atoms with E-state index in [0.717, 1.165) is 0 Å². The molecule has 3 nitrogen and oxygen atoms in total. The predicted molar refractivity (Wildman–Crippen MR) is 74.5 cm³/mol. The molecule has 4 N–H and O–H groups in total. The summed E-state index contributed by atoms with van der Waals surface area (Å²) in [4.78, 5) is 0. The summed E-state index contributed by atoms with van der Waals surface area (Å²) in [5.41, 5.74) is 12.1. The Kier molecular flexibility index (Phi) is 3.63. The van der Waals surface area contributed by atoms with Gasteiger partial charge in [-0.1, -0.05) is 11.6 Å². The Morgan fingerprint density at radius 3 is 2.50 bits per heavy atom. The molecule has 0 unspecified atom stereocenters. The van der Waals surface area contributed by atoms with Crippen molar-refractivity contribution in [2.24, 2.45) is 0 Å². The van der Waals surface area contributed by atoms with Gasteiger partial charge in [-0.3, -0.25) is 0 Å². The van der Waals surface area contributed by atoms with E-state index in [9.17, 15) is 4.39 Å². The van der Waals surface area contributed by atoms with E-state index in [1.165, 1.54) is 12.1 Å². The Balaban J connectivity index is 2.34. The zero-order valence-corrected chi connectivity index (χ0v) is 11.4. The van der Waals surface area contributed by atoms with Crippen LogP contribution in [0.2, 0.25) is 5.02 Å². The van der Waals surface area contributed by atoms with Crippen LogP contribution in [-0.4, -0.2) is 0 Å². The van der Waals surface area contributed by atoms with Crippen molar-refractivity contribution in [3.63, 3.8) is 0 Å². The van der Waals surface area contributed by atoms with Crippen LogP contribution in [0.5, 0.6) is 11.5 Å². The highest BCUT2D eigenvalue weighted by atomic mass is 79.9. The SMILES string of the molecule is Nc1ccc(Oc2cc(F)c(Cl)cc2Br)cc1N. The summed E-state index contributed by atoms with van der Waals surface area (Å²) in [6.07, 6.45) is 0. The second-order valence-corrected chi connectivity index (χ2v) is 4.85. The lowest BCUT2D eigenvalue weighted by molar-refractivity contribution is 0.474. The third kappa shape index (κ3) is 2.68. The summed E-state index contributed by atoms with van der Waals surface area (Å²) in [5, 5.41) is 0.0195. The summed E-state index contributed by atoms with van der Waals surface area (Å²) >= 11 is 8.88. The first kappa shape index (κ1) is 13.0. The Labute approximate surface area is 117 Å². The second-order valence-electron chi connectivity index (χ2n) is 3.59. The van der Waals surface area contributed by atoms with Gasteiger partial charge >= 0.3 is 0 Å². The van der Waals surface area contributed by atoms with Crippen LogP contribution in [0.1, 0.15) is 0 Å². The molecule has 0 heterocycles. The minimum Gasteiger partial charge on any atom is -0.456 e. The van der Waals surface area contributed by atoms with Crippen LogP contribution < -0.4 is 16.2 Å². The van der Waals surface area contributed by atoms with Gasteiger partial charge in [0, 0.05) is 12.1 Å². The maximum absolute atomic E-state index is 13.3. The van der Waals surface area contributed by atoms with Crippen LogP contribution in [0.15, 0.2) is 34.8 Å². The van der Waals surface area contributed by atoms with Crippen LogP contribution in [0.4, 0.5) is 15.8 Å². The number of nitrogens with two attached hydrogens (primary N) is 2. The third-order valence-electron chi connectivity index (χ3n) is 2.26. The van der Waals surface area contributed by atoms with Crippen molar-refractivity contribution in [1.29, 1.82) is 0 Å². The zero-order valence-electron chi connectivity index (χ0n) is 9.08. The highest BCUT2D eigenvalue weighted by molar-refractivity contribution is 9.10. The minimum atomic E-state index is -0.557. The molecule has 0 fully saturated rings. The Morgan fingerprint density at radius 2 is 1.83 bits per heavy atom. The smallest absolute Gasteiger partial charge is 0.145 e. The summed E-state index contributed by atoms with van der Waals surface area (Å²) in [7, 11) is 0. The molecule has 0 aliphatic carbocycles. The van der Waals surface area contributed by atoms with Gasteiger partial charge in [0.25, 0.3) is 0 Å². The molecule has 0 spiro atoms. The van der Waals surface area contributed by atoms with E-state index >= 15 is 0 Å². The van der Waals surface area contributed by atoms with Gasteiger partial charge in [0.2, 0.25) is 0 Å². The fourth-order valence-electron chi connectivity index (χ4n) is 1.33. The summed E-state index contributed by atoms with van der Waals surface area (Å²) < 4.78 is 19.4. The first-order valence-electron chi connectivity index (χ1n) is 4.95. The van der Waals surface area contributed by atoms with Crippen molar-refractivity contribution < 1.29 is 9.13 Å². The van der Waals surface area contributed by atoms with Crippen molar-refractivity contribution in [1.82, 2.24) is 0 Å². The number of hydrogen-bond donors (Lipinski definition) is 2. The Bertz CT molecular complexity index is 607. The number of halogens is 3. The topological polar surface area (TPSA) is 61.3 Å². The first-order valence-corrected chi connectivity index (χ1v) is 6.12. The number of anilines is 2. The number of nitrogen functional groups attached to an aromatic ring is 2. The van der Waals surface area contributed by atoms with E-state index in [1.54, 1.807) is 18.2 Å². The van der Waals surface area contributed by atoms with E-state index in [2.05, 4.69) is 15.9 Å². The van der Waals surface area contributed by atoms with Crippen LogP contribution >= 0.6 is 27.5 Å². The molecule has 0 atom stereocenters. The number of hydrogen-bond acceptors (Lipinski definition) is 3. The molecule has 2 rings (SSSR count). The third-order valence-corrected chi connectivity index (χ3v) is 3.17. The van der Waals surface area contributed by atoms with E-state index in [4.69, 9.17) is 27.8 Å². The van der Waals surface area contributed by atoms with Crippen molar-refractivity contribution in [2.45, 2.75) is 0 Å². The van der Waals surface area contributed by atoms with Crippen molar-refractivity contribution in [3.05, 3.63) is 45.6 Å². The summed E-state index contributed by atoms with van der Waals surface area (Å²) in [6.45, 7) is 0. The fraction of sp³-hybridized carbons (Fsp3) is 0. The molecule has 0 bridgehead atoms. The molecule has 0 aliphatic rings. The largest absolute Gasteiger partial charge is 0.456 e.